The van der Waals surface area contributed by atoms with E-state index in [1.165, 1.54) is 12.1 Å². The van der Waals surface area contributed by atoms with Crippen molar-refractivity contribution in [2.24, 2.45) is 0 Å². The molecule has 0 radical (unpaired) electrons. The fraction of sp³-hybridized carbons (Fsp3) is 0.500. The first kappa shape index (κ1) is 26.0. The maximum atomic E-state index is 13.7. The predicted octanol–water partition coefficient (Wildman–Crippen LogP) is 3.67. The second kappa shape index (κ2) is 9.68. The lowest BCUT2D eigenvalue weighted by Gasteiger charge is -2.30. The Balaban J connectivity index is 2.41. The summed E-state index contributed by atoms with van der Waals surface area (Å²) in [6, 6.07) is 2.66. The van der Waals surface area contributed by atoms with Crippen LogP contribution in [0, 0.1) is 20.2 Å². The zero-order valence-electron chi connectivity index (χ0n) is 17.4. The van der Waals surface area contributed by atoms with Gasteiger partial charge in [-0.15, -0.1) is 20.2 Å². The van der Waals surface area contributed by atoms with E-state index in [1.54, 1.807) is 20.8 Å². The number of nitrogens with zero attached hydrogens (tertiary/aromatic N) is 2. The van der Waals surface area contributed by atoms with Crippen molar-refractivity contribution < 1.29 is 47.3 Å². The van der Waals surface area contributed by atoms with Gasteiger partial charge in [-0.2, -0.15) is 13.2 Å². The maximum absolute atomic E-state index is 13.7. The Morgan fingerprint density at radius 2 is 1.70 bits per heavy atom. The molecule has 2 rings (SSSR count). The monoisotopic (exact) mass is 498 g/mol. The van der Waals surface area contributed by atoms with E-state index in [-0.39, 0.29) is 16.3 Å². The van der Waals surface area contributed by atoms with Crippen molar-refractivity contribution >= 4 is 23.6 Å². The Bertz CT molecular complexity index is 958. The minimum atomic E-state index is -5.05. The lowest BCUT2D eigenvalue weighted by Crippen LogP contribution is -2.42. The molecule has 0 aromatic heterocycles. The van der Waals surface area contributed by atoms with Crippen LogP contribution in [0.1, 0.15) is 31.9 Å². The highest BCUT2D eigenvalue weighted by atomic mass is 35.5. The number of ether oxygens (including phenoxy) is 2. The number of carbonyl (C=O) groups is 1. The lowest BCUT2D eigenvalue weighted by atomic mass is 9.85. The van der Waals surface area contributed by atoms with Gasteiger partial charge in [0.15, 0.2) is 0 Å². The quantitative estimate of drug-likeness (QED) is 0.298. The van der Waals surface area contributed by atoms with E-state index in [1.807, 2.05) is 0 Å². The zero-order valence-corrected chi connectivity index (χ0v) is 18.1. The van der Waals surface area contributed by atoms with E-state index in [0.717, 1.165) is 6.08 Å². The van der Waals surface area contributed by atoms with Gasteiger partial charge in [-0.05, 0) is 29.2 Å². The Morgan fingerprint density at radius 3 is 2.15 bits per heavy atom. The molecular formula is C18H18ClF3N2O9. The van der Waals surface area contributed by atoms with Gasteiger partial charge in [0.05, 0.1) is 5.57 Å². The van der Waals surface area contributed by atoms with Gasteiger partial charge in [0, 0.05) is 10.6 Å². The van der Waals surface area contributed by atoms with Crippen molar-refractivity contribution in [3.63, 3.8) is 0 Å². The van der Waals surface area contributed by atoms with Crippen molar-refractivity contribution in [1.29, 1.82) is 0 Å². The summed E-state index contributed by atoms with van der Waals surface area (Å²) in [5, 5.41) is 18.4. The Labute approximate surface area is 189 Å². The molecule has 1 aromatic carbocycles. The van der Waals surface area contributed by atoms with Crippen LogP contribution in [-0.2, 0) is 24.6 Å². The third kappa shape index (κ3) is 6.84. The first-order chi connectivity index (χ1) is 15.1. The normalized spacial score (nSPS) is 15.8. The molecule has 1 heterocycles. The highest BCUT2D eigenvalue weighted by Gasteiger charge is 2.49. The minimum absolute atomic E-state index is 0.0556. The third-order valence-corrected chi connectivity index (χ3v) is 4.60. The molecule has 0 aliphatic carbocycles. The number of hydrogen-bond acceptors (Lipinski definition) is 9. The molecule has 1 aliphatic rings. The SMILES string of the molecule is CC(C)(C)c1cc2c(cc1Cl)C=C(C(=O)OC(CO[N+](=O)[O-])CO[N+](=O)[O-])C(C(F)(F)F)O2. The van der Waals surface area contributed by atoms with Crippen LogP contribution in [0.3, 0.4) is 0 Å². The van der Waals surface area contributed by atoms with Crippen LogP contribution in [0.15, 0.2) is 17.7 Å². The number of benzene rings is 1. The van der Waals surface area contributed by atoms with Gasteiger partial charge in [-0.3, -0.25) is 0 Å². The van der Waals surface area contributed by atoms with E-state index >= 15 is 0 Å². The predicted molar refractivity (Wildman–Crippen MR) is 104 cm³/mol. The molecule has 1 aromatic rings. The summed E-state index contributed by atoms with van der Waals surface area (Å²) in [6.07, 6.45) is -8.69. The van der Waals surface area contributed by atoms with Gasteiger partial charge in [0.25, 0.3) is 10.2 Å². The van der Waals surface area contributed by atoms with Crippen LogP contribution >= 0.6 is 11.6 Å². The summed E-state index contributed by atoms with van der Waals surface area (Å²) in [7, 11) is 0. The number of alkyl halides is 3. The highest BCUT2D eigenvalue weighted by Crippen LogP contribution is 2.42. The molecule has 0 bridgehead atoms. The van der Waals surface area contributed by atoms with Gasteiger partial charge >= 0.3 is 12.1 Å². The van der Waals surface area contributed by atoms with Gasteiger partial charge in [0.2, 0.25) is 6.10 Å². The van der Waals surface area contributed by atoms with Crippen molar-refractivity contribution in [2.75, 3.05) is 13.2 Å². The van der Waals surface area contributed by atoms with Crippen LogP contribution < -0.4 is 4.74 Å². The van der Waals surface area contributed by atoms with Gasteiger partial charge in [0.1, 0.15) is 25.1 Å². The minimum Gasteiger partial charge on any atom is -0.475 e. The fourth-order valence-corrected chi connectivity index (χ4v) is 3.28. The van der Waals surface area contributed by atoms with E-state index < -0.39 is 58.7 Å². The first-order valence-electron chi connectivity index (χ1n) is 9.14. The number of carbonyl (C=O) groups excluding carboxylic acids is 1. The van der Waals surface area contributed by atoms with Crippen LogP contribution in [0.2, 0.25) is 5.02 Å². The van der Waals surface area contributed by atoms with Crippen molar-refractivity contribution in [3.05, 3.63) is 54.1 Å². The number of rotatable bonds is 8. The summed E-state index contributed by atoms with van der Waals surface area (Å²) in [4.78, 5) is 41.2. The van der Waals surface area contributed by atoms with Crippen LogP contribution in [0.5, 0.6) is 5.75 Å². The van der Waals surface area contributed by atoms with E-state index in [0.29, 0.717) is 5.56 Å². The lowest BCUT2D eigenvalue weighted by molar-refractivity contribution is -0.768. The van der Waals surface area contributed by atoms with Gasteiger partial charge in [-0.25, -0.2) is 4.79 Å². The molecule has 1 unspecified atom stereocenters. The smallest absolute Gasteiger partial charge is 0.430 e. The molecule has 1 atom stereocenters. The summed E-state index contributed by atoms with van der Waals surface area (Å²) < 4.78 is 50.9. The molecular weight excluding hydrogens is 481 g/mol. The second-order valence-electron chi connectivity index (χ2n) is 7.83. The third-order valence-electron chi connectivity index (χ3n) is 4.28. The number of halogens is 4. The van der Waals surface area contributed by atoms with Crippen molar-refractivity contribution in [1.82, 2.24) is 0 Å². The molecule has 0 fully saturated rings. The van der Waals surface area contributed by atoms with Gasteiger partial charge < -0.3 is 19.1 Å². The largest absolute Gasteiger partial charge is 0.475 e. The highest BCUT2D eigenvalue weighted by molar-refractivity contribution is 6.31. The molecule has 0 spiro atoms. The molecule has 182 valence electrons. The molecule has 11 nitrogen and oxygen atoms in total. The Kier molecular flexibility index (Phi) is 7.62. The molecule has 33 heavy (non-hydrogen) atoms. The van der Waals surface area contributed by atoms with E-state index in [2.05, 4.69) is 9.68 Å². The van der Waals surface area contributed by atoms with Crippen LogP contribution in [0.4, 0.5) is 13.2 Å². The topological polar surface area (TPSA) is 140 Å². The maximum Gasteiger partial charge on any atom is 0.430 e. The molecule has 0 saturated carbocycles. The molecule has 0 N–H and O–H groups in total. The molecule has 1 aliphatic heterocycles. The molecule has 0 amide bonds. The fourth-order valence-electron chi connectivity index (χ4n) is 2.82. The number of esters is 1. The summed E-state index contributed by atoms with van der Waals surface area (Å²) in [5.41, 5.74) is -0.952. The Hall–Kier alpha value is -3.29. The summed E-state index contributed by atoms with van der Waals surface area (Å²) in [5.74, 6) is -1.77. The first-order valence-corrected chi connectivity index (χ1v) is 9.52. The van der Waals surface area contributed by atoms with Crippen molar-refractivity contribution in [2.45, 2.75) is 44.6 Å². The van der Waals surface area contributed by atoms with Gasteiger partial charge in [-0.1, -0.05) is 32.4 Å². The van der Waals surface area contributed by atoms with E-state index in [9.17, 15) is 38.2 Å². The number of hydrogen-bond donors (Lipinski definition) is 0. The molecule has 15 heteroatoms. The summed E-state index contributed by atoms with van der Waals surface area (Å²) in [6.45, 7) is 3.35. The zero-order chi connectivity index (χ0) is 25.1. The van der Waals surface area contributed by atoms with E-state index in [4.69, 9.17) is 21.1 Å². The van der Waals surface area contributed by atoms with Crippen LogP contribution in [-0.4, -0.2) is 47.7 Å². The Morgan fingerprint density at radius 1 is 1.15 bits per heavy atom. The summed E-state index contributed by atoms with van der Waals surface area (Å²) >= 11 is 6.24. The molecule has 0 saturated heterocycles. The second-order valence-corrected chi connectivity index (χ2v) is 8.23. The number of fused-ring (bicyclic) bond motifs is 1. The van der Waals surface area contributed by atoms with Crippen LogP contribution in [0.25, 0.3) is 6.08 Å². The standard InChI is InChI=1S/C18H18ClF3N2O9/c1-17(2,3)12-6-14-9(5-13(12)19)4-11(15(33-14)18(20,21)22)16(25)32-10(7-30-23(26)27)8-31-24(28)29/h4-6,10,15H,7-8H2,1-3H3. The van der Waals surface area contributed by atoms with Crippen molar-refractivity contribution in [3.8, 4) is 5.75 Å². The average molecular weight is 499 g/mol. The average Bonchev–Trinajstić information content (AvgIpc) is 2.66.